The zero-order chi connectivity index (χ0) is 29.4. The molecule has 4 nitrogen and oxygen atoms in total. The van der Waals surface area contributed by atoms with E-state index in [-0.39, 0.29) is 0 Å². The normalized spacial score (nSPS) is 11.6. The Labute approximate surface area is 252 Å². The van der Waals surface area contributed by atoms with E-state index in [4.69, 9.17) is 6.57 Å². The lowest BCUT2D eigenvalue weighted by Crippen LogP contribution is -2.01. The molecule has 0 unspecified atom stereocenters. The molecule has 0 atom stereocenters. The molecule has 0 fully saturated rings. The Balaban J connectivity index is 1.49. The first kappa shape index (κ1) is 24.3. The smallest absolute Gasteiger partial charge is 0.234 e. The lowest BCUT2D eigenvalue weighted by atomic mass is 10.00. The van der Waals surface area contributed by atoms with Crippen LogP contribution in [0.5, 0.6) is 0 Å². The van der Waals surface area contributed by atoms with Gasteiger partial charge in [-0.25, -0.2) is 4.85 Å². The monoisotopic (exact) mass is 558 g/mol. The minimum absolute atomic E-state index is 0.496. The summed E-state index contributed by atoms with van der Waals surface area (Å²) in [5.74, 6) is 0. The van der Waals surface area contributed by atoms with Crippen LogP contribution in [0.15, 0.2) is 133 Å². The van der Waals surface area contributed by atoms with E-state index < -0.39 is 0 Å². The van der Waals surface area contributed by atoms with Gasteiger partial charge in [-0.05, 0) is 57.9 Å². The van der Waals surface area contributed by atoms with Gasteiger partial charge >= 0.3 is 0 Å². The molecule has 44 heavy (non-hydrogen) atoms. The van der Waals surface area contributed by atoms with Crippen molar-refractivity contribution in [2.45, 2.75) is 0 Å². The van der Waals surface area contributed by atoms with E-state index in [9.17, 15) is 5.26 Å². The Morgan fingerprint density at radius 2 is 0.932 bits per heavy atom. The molecule has 0 radical (unpaired) electrons. The Kier molecular flexibility index (Phi) is 5.00. The predicted molar refractivity (Wildman–Crippen MR) is 181 cm³/mol. The van der Waals surface area contributed by atoms with Gasteiger partial charge in [0.1, 0.15) is 0 Å². The van der Waals surface area contributed by atoms with Crippen LogP contribution >= 0.6 is 0 Å². The highest BCUT2D eigenvalue weighted by molar-refractivity contribution is 6.28. The van der Waals surface area contributed by atoms with E-state index in [0.717, 1.165) is 65.2 Å². The van der Waals surface area contributed by atoms with Crippen molar-refractivity contribution in [3.63, 3.8) is 0 Å². The van der Waals surface area contributed by atoms with Crippen LogP contribution in [-0.2, 0) is 0 Å². The molecule has 0 saturated carbocycles. The fraction of sp³-hybridized carbons (Fsp3) is 0. The molecular formula is C40H22N4. The second-order valence-corrected chi connectivity index (χ2v) is 11.2. The van der Waals surface area contributed by atoms with Gasteiger partial charge in [-0.15, -0.1) is 0 Å². The van der Waals surface area contributed by atoms with Gasteiger partial charge in [0, 0.05) is 21.5 Å². The van der Waals surface area contributed by atoms with Crippen molar-refractivity contribution in [2.24, 2.45) is 0 Å². The maximum Gasteiger partial charge on any atom is 0.234 e. The first-order valence-corrected chi connectivity index (χ1v) is 14.5. The minimum atomic E-state index is 0.496. The maximum absolute atomic E-state index is 10.3. The summed E-state index contributed by atoms with van der Waals surface area (Å²) in [5.41, 5.74) is 6.39. The minimum Gasteiger partial charge on any atom is -0.319 e. The molecule has 0 bridgehead atoms. The molecule has 2 heterocycles. The average molecular weight is 559 g/mol. The molecule has 202 valence electrons. The first-order chi connectivity index (χ1) is 21.8. The second kappa shape index (κ2) is 9.07. The summed E-state index contributed by atoms with van der Waals surface area (Å²) in [6, 6.07) is 48.2. The molecule has 2 aromatic heterocycles. The van der Waals surface area contributed by atoms with Crippen LogP contribution in [0, 0.1) is 17.9 Å². The van der Waals surface area contributed by atoms with Crippen molar-refractivity contribution in [2.75, 3.05) is 0 Å². The van der Waals surface area contributed by atoms with Crippen LogP contribution in [0.4, 0.5) is 5.69 Å². The molecule has 7 aromatic carbocycles. The third kappa shape index (κ3) is 3.20. The molecular weight excluding hydrogens is 536 g/mol. The number of hydrogen-bond acceptors (Lipinski definition) is 1. The lowest BCUT2D eigenvalue weighted by Gasteiger charge is -2.17. The van der Waals surface area contributed by atoms with Crippen molar-refractivity contribution in [3.05, 3.63) is 150 Å². The van der Waals surface area contributed by atoms with E-state index in [1.54, 1.807) is 0 Å². The van der Waals surface area contributed by atoms with Crippen molar-refractivity contribution in [1.29, 1.82) is 5.26 Å². The van der Waals surface area contributed by atoms with E-state index in [0.29, 0.717) is 22.6 Å². The van der Waals surface area contributed by atoms with Gasteiger partial charge in [0.25, 0.3) is 0 Å². The van der Waals surface area contributed by atoms with Crippen LogP contribution in [-0.4, -0.2) is 9.13 Å². The summed E-state index contributed by atoms with van der Waals surface area (Å²) < 4.78 is 4.33. The van der Waals surface area contributed by atoms with Crippen LogP contribution < -0.4 is 0 Å². The van der Waals surface area contributed by atoms with E-state index in [1.807, 2.05) is 36.4 Å². The third-order valence-corrected chi connectivity index (χ3v) is 8.92. The largest absolute Gasteiger partial charge is 0.319 e. The van der Waals surface area contributed by atoms with Crippen LogP contribution in [0.25, 0.3) is 81.4 Å². The zero-order valence-electron chi connectivity index (χ0n) is 23.5. The summed E-state index contributed by atoms with van der Waals surface area (Å²) in [4.78, 5) is 4.21. The van der Waals surface area contributed by atoms with Gasteiger partial charge in [-0.1, -0.05) is 97.1 Å². The quantitative estimate of drug-likeness (QED) is 0.195. The molecule has 0 saturated heterocycles. The van der Waals surface area contributed by atoms with Crippen molar-refractivity contribution >= 4 is 70.8 Å². The number of rotatable bonds is 2. The second-order valence-electron chi connectivity index (χ2n) is 11.2. The molecule has 9 aromatic rings. The molecule has 0 aliphatic carbocycles. The zero-order valence-corrected chi connectivity index (χ0v) is 23.5. The highest BCUT2D eigenvalue weighted by Crippen LogP contribution is 2.45. The summed E-state index contributed by atoms with van der Waals surface area (Å²) in [7, 11) is 0. The van der Waals surface area contributed by atoms with Gasteiger partial charge in [0.05, 0.1) is 51.6 Å². The van der Waals surface area contributed by atoms with E-state index in [2.05, 4.69) is 117 Å². The Morgan fingerprint density at radius 3 is 1.41 bits per heavy atom. The summed E-state index contributed by atoms with van der Waals surface area (Å²) >= 11 is 0. The fourth-order valence-corrected chi connectivity index (χ4v) is 7.11. The van der Waals surface area contributed by atoms with Crippen LogP contribution in [0.1, 0.15) is 5.56 Å². The SMILES string of the molecule is [C-]#[N+]c1c(-n2c3ccccc3c3ccccc32)cc(C#N)cc1-n1c2ccc3ccccc3c2c2c3ccccc3ccc21. The number of hydrogen-bond donors (Lipinski definition) is 0. The molecule has 0 aliphatic heterocycles. The van der Waals surface area contributed by atoms with Crippen LogP contribution in [0.3, 0.4) is 0 Å². The van der Waals surface area contributed by atoms with Gasteiger partial charge in [0.2, 0.25) is 5.69 Å². The topological polar surface area (TPSA) is 38.0 Å². The Hall–Kier alpha value is -6.36. The van der Waals surface area contributed by atoms with E-state index in [1.165, 1.54) is 0 Å². The number of nitriles is 1. The third-order valence-electron chi connectivity index (χ3n) is 8.92. The number of aromatic nitrogens is 2. The van der Waals surface area contributed by atoms with Crippen LogP contribution in [0.2, 0.25) is 0 Å². The van der Waals surface area contributed by atoms with Gasteiger partial charge in [-0.2, -0.15) is 5.26 Å². The van der Waals surface area contributed by atoms with E-state index >= 15 is 0 Å². The summed E-state index contributed by atoms with van der Waals surface area (Å²) in [5, 5.41) is 19.5. The predicted octanol–water partition coefficient (Wildman–Crippen LogP) is 10.6. The Morgan fingerprint density at radius 1 is 0.500 bits per heavy atom. The number of fused-ring (bicyclic) bond motifs is 10. The average Bonchev–Trinajstić information content (AvgIpc) is 3.61. The molecule has 0 amide bonds. The Bertz CT molecular complexity index is 2600. The number of para-hydroxylation sites is 2. The summed E-state index contributed by atoms with van der Waals surface area (Å²) in [6.45, 7) is 8.57. The van der Waals surface area contributed by atoms with Crippen molar-refractivity contribution < 1.29 is 0 Å². The number of nitrogens with zero attached hydrogens (tertiary/aromatic N) is 4. The first-order valence-electron chi connectivity index (χ1n) is 14.5. The van der Waals surface area contributed by atoms with Gasteiger partial charge in [0.15, 0.2) is 0 Å². The highest BCUT2D eigenvalue weighted by Gasteiger charge is 2.23. The summed E-state index contributed by atoms with van der Waals surface area (Å²) in [6.07, 6.45) is 0. The van der Waals surface area contributed by atoms with Crippen molar-refractivity contribution in [1.82, 2.24) is 9.13 Å². The molecule has 0 N–H and O–H groups in total. The van der Waals surface area contributed by atoms with Crippen molar-refractivity contribution in [3.8, 4) is 17.4 Å². The highest BCUT2D eigenvalue weighted by atomic mass is 15.0. The molecule has 0 spiro atoms. The van der Waals surface area contributed by atoms with Gasteiger partial charge in [-0.3, -0.25) is 0 Å². The molecule has 0 aliphatic rings. The lowest BCUT2D eigenvalue weighted by molar-refractivity contribution is 1.14. The molecule has 4 heteroatoms. The number of benzene rings is 7. The molecule has 9 rings (SSSR count). The maximum atomic E-state index is 10.3. The van der Waals surface area contributed by atoms with Gasteiger partial charge < -0.3 is 9.13 Å². The fourth-order valence-electron chi connectivity index (χ4n) is 7.11. The standard InChI is InChI=1S/C40H22N4/c1-42-40-36(43-32-16-8-6-14-30(32)31-15-7-9-17-33(31)43)22-25(24-41)23-37(40)44-34-20-18-26-10-2-4-12-28(26)38(34)39-29-13-5-3-11-27(29)19-21-35(39)44/h2-23H.